The van der Waals surface area contributed by atoms with Crippen LogP contribution in [0.1, 0.15) is 32.1 Å². The number of amides is 1. The molecule has 0 aliphatic heterocycles. The lowest BCUT2D eigenvalue weighted by molar-refractivity contribution is -0.140. The topological polar surface area (TPSA) is 88.4 Å². The van der Waals surface area contributed by atoms with Gasteiger partial charge in [0.1, 0.15) is 0 Å². The van der Waals surface area contributed by atoms with Crippen LogP contribution in [0.5, 0.6) is 0 Å². The number of hydrogen-bond acceptors (Lipinski definition) is 3. The lowest BCUT2D eigenvalue weighted by Crippen LogP contribution is -2.54. The van der Waals surface area contributed by atoms with E-state index < -0.39 is 11.5 Å². The Balaban J connectivity index is 1.88. The summed E-state index contributed by atoms with van der Waals surface area (Å²) >= 11 is 0. The minimum atomic E-state index is -0.899. The number of carboxylic acids is 1. The number of carbonyl (C=O) groups excluding carboxylic acids is 1. The summed E-state index contributed by atoms with van der Waals surface area (Å²) in [5, 5.41) is 11.7. The number of carboxylic acid groups (broad SMARTS) is 1. The van der Waals surface area contributed by atoms with E-state index in [9.17, 15) is 14.4 Å². The van der Waals surface area contributed by atoms with Crippen molar-refractivity contribution in [3.05, 3.63) is 34.7 Å². The van der Waals surface area contributed by atoms with Gasteiger partial charge in [-0.2, -0.15) is 0 Å². The molecule has 1 aromatic rings. The van der Waals surface area contributed by atoms with E-state index in [1.54, 1.807) is 18.3 Å². The third-order valence-electron chi connectivity index (χ3n) is 3.68. The number of hydrogen-bond donors (Lipinski definition) is 2. The predicted octanol–water partition coefficient (Wildman–Crippen LogP) is 0.752. The molecule has 1 aromatic heterocycles. The zero-order valence-corrected chi connectivity index (χ0v) is 11.2. The normalized spacial score (nSPS) is 16.2. The van der Waals surface area contributed by atoms with Gasteiger partial charge in [-0.15, -0.1) is 0 Å². The number of nitrogens with zero attached hydrogens (tertiary/aromatic N) is 1. The predicted molar refractivity (Wildman–Crippen MR) is 72.3 cm³/mol. The van der Waals surface area contributed by atoms with E-state index in [0.29, 0.717) is 19.4 Å². The number of aryl methyl sites for hydroxylation is 1. The number of rotatable bonds is 6. The van der Waals surface area contributed by atoms with Crippen molar-refractivity contribution in [3.63, 3.8) is 0 Å². The smallest absolute Gasteiger partial charge is 0.305 e. The molecule has 0 radical (unpaired) electrons. The van der Waals surface area contributed by atoms with Crippen LogP contribution in [0.2, 0.25) is 0 Å². The highest BCUT2D eigenvalue weighted by Gasteiger charge is 2.40. The molecule has 1 aliphatic rings. The summed E-state index contributed by atoms with van der Waals surface area (Å²) in [4.78, 5) is 34.2. The molecule has 0 saturated heterocycles. The van der Waals surface area contributed by atoms with Gasteiger partial charge in [0, 0.05) is 25.2 Å². The number of nitrogens with one attached hydrogen (secondary N) is 1. The molecule has 108 valence electrons. The molecular formula is C14H18N2O4. The van der Waals surface area contributed by atoms with Gasteiger partial charge in [0.15, 0.2) is 0 Å². The minimum absolute atomic E-state index is 0.0377. The molecule has 0 atom stereocenters. The summed E-state index contributed by atoms with van der Waals surface area (Å²) in [5.74, 6) is -1.11. The van der Waals surface area contributed by atoms with Crippen molar-refractivity contribution in [1.82, 2.24) is 9.88 Å². The van der Waals surface area contributed by atoms with Gasteiger partial charge in [-0.25, -0.2) is 0 Å². The summed E-state index contributed by atoms with van der Waals surface area (Å²) in [6, 6.07) is 4.82. The SMILES string of the molecule is O=C(O)CC1(NC(=O)CCn2ccccc2=O)CCC1. The van der Waals surface area contributed by atoms with Crippen molar-refractivity contribution in [2.24, 2.45) is 0 Å². The molecule has 0 unspecified atom stereocenters. The quantitative estimate of drug-likeness (QED) is 0.803. The fraction of sp³-hybridized carbons (Fsp3) is 0.500. The van der Waals surface area contributed by atoms with E-state index in [-0.39, 0.29) is 24.3 Å². The number of pyridine rings is 1. The van der Waals surface area contributed by atoms with Gasteiger partial charge in [-0.1, -0.05) is 6.07 Å². The van der Waals surface area contributed by atoms with Crippen molar-refractivity contribution in [2.75, 3.05) is 0 Å². The lowest BCUT2D eigenvalue weighted by atomic mass is 9.74. The molecule has 6 nitrogen and oxygen atoms in total. The first-order valence-corrected chi connectivity index (χ1v) is 6.69. The summed E-state index contributed by atoms with van der Waals surface area (Å²) in [7, 11) is 0. The first kappa shape index (κ1) is 14.3. The molecule has 20 heavy (non-hydrogen) atoms. The number of aromatic nitrogens is 1. The van der Waals surface area contributed by atoms with Crippen molar-refractivity contribution >= 4 is 11.9 Å². The largest absolute Gasteiger partial charge is 0.481 e. The van der Waals surface area contributed by atoms with Crippen molar-refractivity contribution in [2.45, 2.75) is 44.2 Å². The molecule has 2 N–H and O–H groups in total. The number of carbonyl (C=O) groups is 2. The van der Waals surface area contributed by atoms with Crippen molar-refractivity contribution in [1.29, 1.82) is 0 Å². The zero-order valence-electron chi connectivity index (χ0n) is 11.2. The monoisotopic (exact) mass is 278 g/mol. The van der Waals surface area contributed by atoms with Crippen LogP contribution >= 0.6 is 0 Å². The van der Waals surface area contributed by atoms with Gasteiger partial charge in [0.2, 0.25) is 5.91 Å². The average Bonchev–Trinajstić information content (AvgIpc) is 2.34. The Hall–Kier alpha value is -2.11. The van der Waals surface area contributed by atoms with Gasteiger partial charge in [0.05, 0.1) is 12.0 Å². The van der Waals surface area contributed by atoms with Gasteiger partial charge in [-0.05, 0) is 25.3 Å². The third kappa shape index (κ3) is 3.46. The molecule has 1 amide bonds. The molecule has 6 heteroatoms. The van der Waals surface area contributed by atoms with Gasteiger partial charge in [-0.3, -0.25) is 14.4 Å². The molecule has 1 aliphatic carbocycles. The third-order valence-corrected chi connectivity index (χ3v) is 3.68. The van der Waals surface area contributed by atoms with Gasteiger partial charge in [0.25, 0.3) is 5.56 Å². The van der Waals surface area contributed by atoms with Crippen LogP contribution in [0.4, 0.5) is 0 Å². The highest BCUT2D eigenvalue weighted by Crippen LogP contribution is 2.34. The van der Waals surface area contributed by atoms with Gasteiger partial charge >= 0.3 is 5.97 Å². The molecular weight excluding hydrogens is 260 g/mol. The fourth-order valence-electron chi connectivity index (χ4n) is 2.46. The first-order valence-electron chi connectivity index (χ1n) is 6.69. The van der Waals surface area contributed by atoms with E-state index in [2.05, 4.69) is 5.32 Å². The summed E-state index contributed by atoms with van der Waals surface area (Å²) in [5.41, 5.74) is -0.728. The standard InChI is InChI=1S/C14H18N2O4/c17-11(5-9-16-8-2-1-4-12(16)18)15-14(6-3-7-14)10-13(19)20/h1-2,4,8H,3,5-7,9-10H2,(H,15,17)(H,19,20). The first-order chi connectivity index (χ1) is 9.51. The number of aliphatic carboxylic acids is 1. The Kier molecular flexibility index (Phi) is 4.22. The highest BCUT2D eigenvalue weighted by atomic mass is 16.4. The molecule has 0 spiro atoms. The van der Waals surface area contributed by atoms with Crippen LogP contribution in [0.15, 0.2) is 29.2 Å². The summed E-state index contributed by atoms with van der Waals surface area (Å²) < 4.78 is 1.46. The minimum Gasteiger partial charge on any atom is -0.481 e. The Morgan fingerprint density at radius 2 is 2.10 bits per heavy atom. The van der Waals surface area contributed by atoms with Gasteiger partial charge < -0.3 is 15.0 Å². The Labute approximate surface area is 116 Å². The van der Waals surface area contributed by atoms with E-state index in [1.807, 2.05) is 0 Å². The second kappa shape index (κ2) is 5.90. The van der Waals surface area contributed by atoms with Crippen LogP contribution in [0, 0.1) is 0 Å². The van der Waals surface area contributed by atoms with Crippen LogP contribution in [0.3, 0.4) is 0 Å². The maximum absolute atomic E-state index is 11.9. The van der Waals surface area contributed by atoms with E-state index in [1.165, 1.54) is 10.6 Å². The maximum atomic E-state index is 11.9. The molecule has 1 heterocycles. The van der Waals surface area contributed by atoms with E-state index in [0.717, 1.165) is 6.42 Å². The fourth-order valence-corrected chi connectivity index (χ4v) is 2.46. The Bertz CT molecular complexity index is 560. The van der Waals surface area contributed by atoms with Crippen LogP contribution < -0.4 is 10.9 Å². The van der Waals surface area contributed by atoms with E-state index >= 15 is 0 Å². The summed E-state index contributed by atoms with van der Waals surface area (Å²) in [6.45, 7) is 0.300. The highest BCUT2D eigenvalue weighted by molar-refractivity contribution is 5.78. The summed E-state index contributed by atoms with van der Waals surface area (Å²) in [6.07, 6.45) is 4.11. The molecule has 0 bridgehead atoms. The second-order valence-corrected chi connectivity index (χ2v) is 5.23. The molecule has 1 saturated carbocycles. The lowest BCUT2D eigenvalue weighted by Gasteiger charge is -2.41. The van der Waals surface area contributed by atoms with Crippen LogP contribution in [-0.4, -0.2) is 27.1 Å². The second-order valence-electron chi connectivity index (χ2n) is 5.23. The Morgan fingerprint density at radius 1 is 1.35 bits per heavy atom. The average molecular weight is 278 g/mol. The Morgan fingerprint density at radius 3 is 2.65 bits per heavy atom. The van der Waals surface area contributed by atoms with Crippen LogP contribution in [-0.2, 0) is 16.1 Å². The molecule has 1 fully saturated rings. The van der Waals surface area contributed by atoms with Crippen molar-refractivity contribution < 1.29 is 14.7 Å². The molecule has 2 rings (SSSR count). The zero-order chi connectivity index (χ0) is 14.6. The molecule has 0 aromatic carbocycles. The maximum Gasteiger partial charge on any atom is 0.305 e. The van der Waals surface area contributed by atoms with E-state index in [4.69, 9.17) is 5.11 Å². The van der Waals surface area contributed by atoms with Crippen LogP contribution in [0.25, 0.3) is 0 Å². The van der Waals surface area contributed by atoms with Crippen molar-refractivity contribution in [3.8, 4) is 0 Å².